The summed E-state index contributed by atoms with van der Waals surface area (Å²) in [7, 11) is 0. The van der Waals surface area contributed by atoms with E-state index in [9.17, 15) is 9.59 Å². The van der Waals surface area contributed by atoms with E-state index in [1.165, 1.54) is 10.7 Å². The smallest absolute Gasteiger partial charge is 0.271 e. The Labute approximate surface area is 138 Å². The fourth-order valence-electron chi connectivity index (χ4n) is 2.41. The summed E-state index contributed by atoms with van der Waals surface area (Å²) in [6.45, 7) is 3.74. The fraction of sp³-hybridized carbons (Fsp3) is 0.176. The molecule has 0 saturated heterocycles. The van der Waals surface area contributed by atoms with Crippen molar-refractivity contribution in [3.8, 4) is 11.3 Å². The molecular weight excluding hydrogens is 306 g/mol. The van der Waals surface area contributed by atoms with E-state index in [1.54, 1.807) is 6.07 Å². The van der Waals surface area contributed by atoms with Crippen LogP contribution in [0.25, 0.3) is 16.9 Å². The second-order valence-electron chi connectivity index (χ2n) is 5.67. The minimum Gasteiger partial charge on any atom is -0.364 e. The molecule has 0 aliphatic heterocycles. The first-order chi connectivity index (χ1) is 11.5. The monoisotopic (exact) mass is 323 g/mol. The molecule has 0 aliphatic carbocycles. The number of primary amides is 1. The minimum absolute atomic E-state index is 0.0278. The first-order valence-electron chi connectivity index (χ1n) is 7.51. The van der Waals surface area contributed by atoms with Gasteiger partial charge in [-0.05, 0) is 19.9 Å². The van der Waals surface area contributed by atoms with Gasteiger partial charge in [0.25, 0.3) is 11.8 Å². The fourth-order valence-corrected chi connectivity index (χ4v) is 2.41. The van der Waals surface area contributed by atoms with Crippen LogP contribution in [0.2, 0.25) is 0 Å². The van der Waals surface area contributed by atoms with E-state index in [-0.39, 0.29) is 23.3 Å². The number of nitrogens with two attached hydrogens (primary N) is 1. The highest BCUT2D eigenvalue weighted by molar-refractivity contribution is 5.99. The first-order valence-corrected chi connectivity index (χ1v) is 7.51. The van der Waals surface area contributed by atoms with Gasteiger partial charge >= 0.3 is 0 Å². The van der Waals surface area contributed by atoms with Crippen LogP contribution >= 0.6 is 0 Å². The van der Waals surface area contributed by atoms with Gasteiger partial charge in [0.1, 0.15) is 12.0 Å². The van der Waals surface area contributed by atoms with E-state index < -0.39 is 5.91 Å². The predicted octanol–water partition coefficient (Wildman–Crippen LogP) is 1.63. The number of hydrogen-bond acceptors (Lipinski definition) is 4. The summed E-state index contributed by atoms with van der Waals surface area (Å²) in [5.41, 5.74) is 7.40. The summed E-state index contributed by atoms with van der Waals surface area (Å²) < 4.78 is 1.48. The molecule has 0 fully saturated rings. The third-order valence-corrected chi connectivity index (χ3v) is 3.46. The highest BCUT2D eigenvalue weighted by atomic mass is 16.2. The molecule has 2 aromatic heterocycles. The zero-order valence-electron chi connectivity index (χ0n) is 13.4. The maximum absolute atomic E-state index is 12.5. The Bertz CT molecular complexity index is 915. The summed E-state index contributed by atoms with van der Waals surface area (Å²) in [6, 6.07) is 11.0. The molecular formula is C17H17N5O2. The number of hydrogen-bond donors (Lipinski definition) is 2. The quantitative estimate of drug-likeness (QED) is 0.761. The third-order valence-electron chi connectivity index (χ3n) is 3.46. The van der Waals surface area contributed by atoms with Crippen molar-refractivity contribution in [3.05, 3.63) is 54.1 Å². The molecule has 122 valence electrons. The van der Waals surface area contributed by atoms with E-state index in [4.69, 9.17) is 5.73 Å². The van der Waals surface area contributed by atoms with Crippen LogP contribution in [-0.4, -0.2) is 32.2 Å². The average molecular weight is 323 g/mol. The van der Waals surface area contributed by atoms with Crippen LogP contribution in [0.4, 0.5) is 0 Å². The van der Waals surface area contributed by atoms with Crippen LogP contribution in [0.15, 0.2) is 42.7 Å². The second kappa shape index (κ2) is 6.11. The van der Waals surface area contributed by atoms with Crippen molar-refractivity contribution < 1.29 is 9.59 Å². The molecule has 2 heterocycles. The molecule has 0 aliphatic rings. The van der Waals surface area contributed by atoms with Crippen molar-refractivity contribution >= 4 is 17.5 Å². The number of nitrogens with one attached hydrogen (secondary N) is 1. The van der Waals surface area contributed by atoms with Crippen molar-refractivity contribution in [2.45, 2.75) is 19.9 Å². The number of carbonyl (C=O) groups is 2. The zero-order valence-corrected chi connectivity index (χ0v) is 13.4. The van der Waals surface area contributed by atoms with E-state index in [2.05, 4.69) is 15.3 Å². The number of carbonyl (C=O) groups excluding carboxylic acids is 2. The molecule has 1 aromatic carbocycles. The summed E-state index contributed by atoms with van der Waals surface area (Å²) in [5, 5.41) is 2.84. The van der Waals surface area contributed by atoms with Gasteiger partial charge in [-0.1, -0.05) is 30.3 Å². The largest absolute Gasteiger partial charge is 0.364 e. The molecule has 0 spiro atoms. The van der Waals surface area contributed by atoms with Crippen molar-refractivity contribution in [3.63, 3.8) is 0 Å². The van der Waals surface area contributed by atoms with Gasteiger partial charge in [-0.25, -0.2) is 9.97 Å². The van der Waals surface area contributed by atoms with E-state index in [0.29, 0.717) is 11.4 Å². The Morgan fingerprint density at radius 3 is 2.54 bits per heavy atom. The summed E-state index contributed by atoms with van der Waals surface area (Å²) in [5.74, 6) is -0.964. The zero-order chi connectivity index (χ0) is 17.3. The normalized spacial score (nSPS) is 11.0. The van der Waals surface area contributed by atoms with Crippen LogP contribution < -0.4 is 11.1 Å². The maximum Gasteiger partial charge on any atom is 0.271 e. The number of benzene rings is 1. The second-order valence-corrected chi connectivity index (χ2v) is 5.67. The molecule has 0 atom stereocenters. The topological polar surface area (TPSA) is 102 Å². The molecule has 7 nitrogen and oxygen atoms in total. The van der Waals surface area contributed by atoms with Crippen LogP contribution in [0, 0.1) is 0 Å². The highest BCUT2D eigenvalue weighted by Gasteiger charge is 2.19. The molecule has 24 heavy (non-hydrogen) atoms. The number of nitrogens with zero attached hydrogens (tertiary/aromatic N) is 3. The standard InChI is InChI=1S/C17H17N5O2/c1-10(2)20-17(24)13-8-12(11-6-4-3-5-7-11)21-16-14(15(18)23)19-9-22(13)16/h3-10H,1-2H3,(H2,18,23)(H,20,24). The summed E-state index contributed by atoms with van der Waals surface area (Å²) >= 11 is 0. The van der Waals surface area contributed by atoms with Crippen LogP contribution in [0.5, 0.6) is 0 Å². The Morgan fingerprint density at radius 1 is 1.21 bits per heavy atom. The number of amides is 2. The molecule has 3 rings (SSSR count). The lowest BCUT2D eigenvalue weighted by Gasteiger charge is -2.11. The molecule has 7 heteroatoms. The van der Waals surface area contributed by atoms with Gasteiger partial charge in [0, 0.05) is 11.6 Å². The molecule has 3 N–H and O–H groups in total. The lowest BCUT2D eigenvalue weighted by molar-refractivity contribution is 0.0935. The average Bonchev–Trinajstić information content (AvgIpc) is 2.98. The van der Waals surface area contributed by atoms with Crippen LogP contribution in [0.3, 0.4) is 0 Å². The van der Waals surface area contributed by atoms with Gasteiger partial charge in [-0.2, -0.15) is 0 Å². The Balaban J connectivity index is 2.25. The minimum atomic E-state index is -0.689. The van der Waals surface area contributed by atoms with E-state index in [1.807, 2.05) is 44.2 Å². The van der Waals surface area contributed by atoms with E-state index in [0.717, 1.165) is 5.56 Å². The highest BCUT2D eigenvalue weighted by Crippen LogP contribution is 2.21. The lowest BCUT2D eigenvalue weighted by atomic mass is 10.1. The number of aromatic nitrogens is 3. The molecule has 3 aromatic rings. The lowest BCUT2D eigenvalue weighted by Crippen LogP contribution is -2.31. The molecule has 0 radical (unpaired) electrons. The Hall–Kier alpha value is -3.22. The number of rotatable bonds is 4. The van der Waals surface area contributed by atoms with Crippen molar-refractivity contribution in [2.75, 3.05) is 0 Å². The summed E-state index contributed by atoms with van der Waals surface area (Å²) in [6.07, 6.45) is 1.38. The Morgan fingerprint density at radius 2 is 1.92 bits per heavy atom. The van der Waals surface area contributed by atoms with Gasteiger partial charge in [-0.15, -0.1) is 0 Å². The number of imidazole rings is 1. The number of fused-ring (bicyclic) bond motifs is 1. The van der Waals surface area contributed by atoms with Gasteiger partial charge in [0.2, 0.25) is 0 Å². The molecule has 2 amide bonds. The van der Waals surface area contributed by atoms with Gasteiger partial charge in [0.15, 0.2) is 11.3 Å². The Kier molecular flexibility index (Phi) is 3.99. The van der Waals surface area contributed by atoms with Gasteiger partial charge in [0.05, 0.1) is 5.69 Å². The maximum atomic E-state index is 12.5. The van der Waals surface area contributed by atoms with Crippen molar-refractivity contribution in [1.29, 1.82) is 0 Å². The SMILES string of the molecule is CC(C)NC(=O)c1cc(-c2ccccc2)nc2c(C(N)=O)ncn12. The van der Waals surface area contributed by atoms with Gasteiger partial charge < -0.3 is 11.1 Å². The first kappa shape index (κ1) is 15.7. The molecule has 0 unspecified atom stereocenters. The third kappa shape index (κ3) is 2.83. The van der Waals surface area contributed by atoms with Crippen molar-refractivity contribution in [2.24, 2.45) is 5.73 Å². The van der Waals surface area contributed by atoms with Crippen LogP contribution in [0.1, 0.15) is 34.8 Å². The van der Waals surface area contributed by atoms with E-state index >= 15 is 0 Å². The van der Waals surface area contributed by atoms with Crippen LogP contribution in [-0.2, 0) is 0 Å². The summed E-state index contributed by atoms with van der Waals surface area (Å²) in [4.78, 5) is 32.6. The molecule has 0 bridgehead atoms. The van der Waals surface area contributed by atoms with Crippen molar-refractivity contribution in [1.82, 2.24) is 19.7 Å². The molecule has 0 saturated carbocycles. The van der Waals surface area contributed by atoms with Gasteiger partial charge in [-0.3, -0.25) is 14.0 Å². The predicted molar refractivity (Wildman–Crippen MR) is 89.5 cm³/mol.